The Bertz CT molecular complexity index is 964. The molecular weight excluding hydrogens is 330 g/mol. The van der Waals surface area contributed by atoms with Gasteiger partial charge in [-0.3, -0.25) is 14.2 Å². The molecule has 3 rings (SSSR count). The monoisotopic (exact) mass is 351 g/mol. The van der Waals surface area contributed by atoms with Gasteiger partial charge in [0.1, 0.15) is 18.9 Å². The van der Waals surface area contributed by atoms with Crippen molar-refractivity contribution in [2.45, 2.75) is 13.5 Å². The lowest BCUT2D eigenvalue weighted by atomic mass is 10.2. The molecule has 2 aromatic carbocycles. The highest BCUT2D eigenvalue weighted by Crippen LogP contribution is 2.11. The van der Waals surface area contributed by atoms with E-state index in [4.69, 9.17) is 4.74 Å². The lowest BCUT2D eigenvalue weighted by Crippen LogP contribution is -2.36. The van der Waals surface area contributed by atoms with E-state index in [0.717, 1.165) is 5.75 Å². The van der Waals surface area contributed by atoms with Gasteiger partial charge in [-0.25, -0.2) is 4.98 Å². The van der Waals surface area contributed by atoms with Crippen LogP contribution >= 0.6 is 0 Å². The maximum atomic E-state index is 12.4. The first-order valence-electron chi connectivity index (χ1n) is 8.42. The van der Waals surface area contributed by atoms with Crippen molar-refractivity contribution in [2.75, 3.05) is 20.2 Å². The van der Waals surface area contributed by atoms with Crippen molar-refractivity contribution in [2.24, 2.45) is 0 Å². The van der Waals surface area contributed by atoms with Crippen LogP contribution in [0.3, 0.4) is 0 Å². The maximum absolute atomic E-state index is 12.4. The summed E-state index contributed by atoms with van der Waals surface area (Å²) in [5, 5.41) is 0.508. The summed E-state index contributed by atoms with van der Waals surface area (Å²) in [7, 11) is 1.69. The van der Waals surface area contributed by atoms with E-state index in [1.807, 2.05) is 37.3 Å². The number of para-hydroxylation sites is 1. The minimum Gasteiger partial charge on any atom is -0.492 e. The van der Waals surface area contributed by atoms with Gasteiger partial charge in [0.2, 0.25) is 5.91 Å². The molecule has 1 heterocycles. The van der Waals surface area contributed by atoms with Crippen LogP contribution in [-0.4, -0.2) is 40.6 Å². The summed E-state index contributed by atoms with van der Waals surface area (Å²) in [4.78, 5) is 30.6. The number of carbonyl (C=O) groups excluding carboxylic acids is 1. The molecule has 26 heavy (non-hydrogen) atoms. The molecule has 1 aromatic heterocycles. The maximum Gasteiger partial charge on any atom is 0.261 e. The first-order chi connectivity index (χ1) is 12.5. The standard InChI is InChI=1S/C20H21N3O3/c1-15-7-9-16(10-8-15)26-12-11-22(2)19(24)13-23-14-21-18-6-4-3-5-17(18)20(23)25/h3-10,14H,11-13H2,1-2H3. The second-order valence-electron chi connectivity index (χ2n) is 6.17. The topological polar surface area (TPSA) is 64.4 Å². The van der Waals surface area contributed by atoms with Crippen LogP contribution in [0.25, 0.3) is 10.9 Å². The van der Waals surface area contributed by atoms with Gasteiger partial charge in [-0.2, -0.15) is 0 Å². The molecule has 0 atom stereocenters. The Balaban J connectivity index is 1.58. The SMILES string of the molecule is Cc1ccc(OCCN(C)C(=O)Cn2cnc3ccccc3c2=O)cc1. The summed E-state index contributed by atoms with van der Waals surface area (Å²) in [6.45, 7) is 2.79. The Morgan fingerprint density at radius 2 is 1.88 bits per heavy atom. The predicted molar refractivity (Wildman–Crippen MR) is 100 cm³/mol. The average molecular weight is 351 g/mol. The second kappa shape index (κ2) is 7.82. The summed E-state index contributed by atoms with van der Waals surface area (Å²) in [5.41, 5.74) is 1.58. The van der Waals surface area contributed by atoms with Crippen molar-refractivity contribution in [1.29, 1.82) is 0 Å². The van der Waals surface area contributed by atoms with E-state index >= 15 is 0 Å². The molecule has 0 N–H and O–H groups in total. The highest BCUT2D eigenvalue weighted by molar-refractivity contribution is 5.78. The molecule has 0 aliphatic heterocycles. The fourth-order valence-corrected chi connectivity index (χ4v) is 2.54. The third-order valence-corrected chi connectivity index (χ3v) is 4.18. The van der Waals surface area contributed by atoms with Crippen LogP contribution in [0.5, 0.6) is 5.75 Å². The molecule has 0 spiro atoms. The first-order valence-corrected chi connectivity index (χ1v) is 8.42. The fourth-order valence-electron chi connectivity index (χ4n) is 2.54. The minimum absolute atomic E-state index is 0.0439. The average Bonchev–Trinajstić information content (AvgIpc) is 2.65. The van der Waals surface area contributed by atoms with Crippen molar-refractivity contribution in [3.63, 3.8) is 0 Å². The Hall–Kier alpha value is -3.15. The van der Waals surface area contributed by atoms with Crippen LogP contribution in [0.2, 0.25) is 0 Å². The zero-order chi connectivity index (χ0) is 18.5. The van der Waals surface area contributed by atoms with Crippen LogP contribution in [0.4, 0.5) is 0 Å². The van der Waals surface area contributed by atoms with E-state index in [-0.39, 0.29) is 18.0 Å². The van der Waals surface area contributed by atoms with Crippen LogP contribution in [0.15, 0.2) is 59.7 Å². The molecule has 1 amide bonds. The van der Waals surface area contributed by atoms with E-state index in [2.05, 4.69) is 4.98 Å². The summed E-state index contributed by atoms with van der Waals surface area (Å²) >= 11 is 0. The third kappa shape index (κ3) is 4.08. The summed E-state index contributed by atoms with van der Waals surface area (Å²) < 4.78 is 6.97. The molecule has 0 saturated heterocycles. The van der Waals surface area contributed by atoms with Crippen molar-refractivity contribution < 1.29 is 9.53 Å². The number of benzene rings is 2. The molecule has 0 aliphatic rings. The van der Waals surface area contributed by atoms with Gasteiger partial charge in [0.15, 0.2) is 0 Å². The summed E-state index contributed by atoms with van der Waals surface area (Å²) in [5.74, 6) is 0.600. The lowest BCUT2D eigenvalue weighted by molar-refractivity contribution is -0.130. The van der Waals surface area contributed by atoms with E-state index in [1.165, 1.54) is 16.5 Å². The number of rotatable bonds is 6. The van der Waals surface area contributed by atoms with Crippen molar-refractivity contribution in [1.82, 2.24) is 14.5 Å². The van der Waals surface area contributed by atoms with Gasteiger partial charge < -0.3 is 9.64 Å². The molecule has 134 valence electrons. The zero-order valence-electron chi connectivity index (χ0n) is 14.9. The Morgan fingerprint density at radius 3 is 2.65 bits per heavy atom. The van der Waals surface area contributed by atoms with E-state index in [9.17, 15) is 9.59 Å². The number of carbonyl (C=O) groups is 1. The number of aryl methyl sites for hydroxylation is 1. The molecular formula is C20H21N3O3. The molecule has 0 radical (unpaired) electrons. The molecule has 0 aliphatic carbocycles. The number of hydrogen-bond acceptors (Lipinski definition) is 4. The van der Waals surface area contributed by atoms with Crippen LogP contribution in [0.1, 0.15) is 5.56 Å². The summed E-state index contributed by atoms with van der Waals surface area (Å²) in [6, 6.07) is 14.8. The van der Waals surface area contributed by atoms with E-state index < -0.39 is 0 Å². The van der Waals surface area contributed by atoms with Crippen molar-refractivity contribution in [3.05, 3.63) is 70.8 Å². The number of hydrogen-bond donors (Lipinski definition) is 0. The molecule has 0 fully saturated rings. The molecule has 3 aromatic rings. The lowest BCUT2D eigenvalue weighted by Gasteiger charge is -2.18. The molecule has 6 nitrogen and oxygen atoms in total. The first kappa shape index (κ1) is 17.7. The smallest absolute Gasteiger partial charge is 0.261 e. The third-order valence-electron chi connectivity index (χ3n) is 4.18. The molecule has 6 heteroatoms. The van der Waals surface area contributed by atoms with E-state index in [1.54, 1.807) is 30.1 Å². The van der Waals surface area contributed by atoms with Gasteiger partial charge in [0.05, 0.1) is 23.8 Å². The Kier molecular flexibility index (Phi) is 5.31. The number of amides is 1. The molecule has 0 unspecified atom stereocenters. The van der Waals surface area contributed by atoms with Crippen molar-refractivity contribution in [3.8, 4) is 5.75 Å². The van der Waals surface area contributed by atoms with E-state index in [0.29, 0.717) is 24.1 Å². The zero-order valence-corrected chi connectivity index (χ0v) is 14.9. The summed E-state index contributed by atoms with van der Waals surface area (Å²) in [6.07, 6.45) is 1.42. The predicted octanol–water partition coefficient (Wildman–Crippen LogP) is 2.24. The largest absolute Gasteiger partial charge is 0.492 e. The second-order valence-corrected chi connectivity index (χ2v) is 6.17. The number of fused-ring (bicyclic) bond motifs is 1. The number of aromatic nitrogens is 2. The number of nitrogens with zero attached hydrogens (tertiary/aromatic N) is 3. The van der Waals surface area contributed by atoms with Gasteiger partial charge >= 0.3 is 0 Å². The highest BCUT2D eigenvalue weighted by atomic mass is 16.5. The van der Waals surface area contributed by atoms with Crippen LogP contribution < -0.4 is 10.3 Å². The quantitative estimate of drug-likeness (QED) is 0.683. The molecule has 0 bridgehead atoms. The Labute approximate surface area is 151 Å². The van der Waals surface area contributed by atoms with Gasteiger partial charge in [-0.15, -0.1) is 0 Å². The van der Waals surface area contributed by atoms with Crippen LogP contribution in [-0.2, 0) is 11.3 Å². The van der Waals surface area contributed by atoms with Gasteiger partial charge in [0, 0.05) is 7.05 Å². The van der Waals surface area contributed by atoms with Gasteiger partial charge in [0.25, 0.3) is 5.56 Å². The van der Waals surface area contributed by atoms with Crippen molar-refractivity contribution >= 4 is 16.8 Å². The van der Waals surface area contributed by atoms with Crippen LogP contribution in [0, 0.1) is 6.92 Å². The Morgan fingerprint density at radius 1 is 1.15 bits per heavy atom. The highest BCUT2D eigenvalue weighted by Gasteiger charge is 2.12. The molecule has 0 saturated carbocycles. The normalized spacial score (nSPS) is 10.7. The minimum atomic E-state index is -0.215. The van der Waals surface area contributed by atoms with Gasteiger partial charge in [-0.05, 0) is 31.2 Å². The fraction of sp³-hybridized carbons (Fsp3) is 0.250. The van der Waals surface area contributed by atoms with Gasteiger partial charge in [-0.1, -0.05) is 29.8 Å². The number of likely N-dealkylation sites (N-methyl/N-ethyl adjacent to an activating group) is 1. The number of ether oxygens (including phenoxy) is 1.